The average Bonchev–Trinajstić information content (AvgIpc) is 2.75. The molecule has 33 heavy (non-hydrogen) atoms. The smallest absolute Gasteiger partial charge is 0.258 e. The van der Waals surface area contributed by atoms with E-state index in [-0.39, 0.29) is 16.5 Å². The number of halogens is 2. The molecule has 0 bridgehead atoms. The number of methoxy groups -OCH3 is 2. The lowest BCUT2D eigenvalue weighted by Gasteiger charge is -2.16. The fourth-order valence-corrected chi connectivity index (χ4v) is 3.29. The van der Waals surface area contributed by atoms with Crippen LogP contribution in [0.3, 0.4) is 0 Å². The van der Waals surface area contributed by atoms with Crippen LogP contribution < -0.4 is 24.3 Å². The zero-order chi connectivity index (χ0) is 24.5. The number of amides is 1. The van der Waals surface area contributed by atoms with Crippen LogP contribution in [0.15, 0.2) is 34.5 Å². The molecule has 0 radical (unpaired) electrons. The zero-order valence-corrected chi connectivity index (χ0v) is 20.4. The molecule has 0 spiro atoms. The van der Waals surface area contributed by atoms with Gasteiger partial charge in [0, 0.05) is 22.8 Å². The topological polar surface area (TPSA) is 108 Å². The Bertz CT molecular complexity index is 1050. The van der Waals surface area contributed by atoms with Gasteiger partial charge in [0.25, 0.3) is 5.91 Å². The van der Waals surface area contributed by atoms with Crippen molar-refractivity contribution in [3.63, 3.8) is 0 Å². The highest BCUT2D eigenvalue weighted by Gasteiger charge is 2.25. The average molecular weight is 498 g/mol. The van der Waals surface area contributed by atoms with E-state index in [9.17, 15) is 9.59 Å². The summed E-state index contributed by atoms with van der Waals surface area (Å²) < 4.78 is 21.6. The standard InChI is InChI=1S/C22H25Cl2N3O6/c1-6-32-18-11-14(10-15(24)20(18)33-7-2)25-22(29)19(12(3)28)27-26-16-8-13(23)9-17(30-4)21(16)31-5/h8-11,19H,6-7H2,1-5H3,(H,25,29). The van der Waals surface area contributed by atoms with E-state index in [0.717, 1.165) is 0 Å². The summed E-state index contributed by atoms with van der Waals surface area (Å²) in [7, 11) is 2.87. The number of hydrogen-bond acceptors (Lipinski definition) is 8. The number of Topliss-reactive ketones (excluding diaryl/α,β-unsaturated/α-hetero) is 1. The third kappa shape index (κ3) is 6.72. The van der Waals surface area contributed by atoms with Gasteiger partial charge in [0.15, 0.2) is 28.8 Å². The molecular weight excluding hydrogens is 473 g/mol. The molecule has 2 aromatic carbocycles. The van der Waals surface area contributed by atoms with Gasteiger partial charge in [0.05, 0.1) is 32.5 Å². The van der Waals surface area contributed by atoms with Gasteiger partial charge in [-0.25, -0.2) is 0 Å². The van der Waals surface area contributed by atoms with Crippen molar-refractivity contribution < 1.29 is 28.5 Å². The summed E-state index contributed by atoms with van der Waals surface area (Å²) >= 11 is 12.4. The highest BCUT2D eigenvalue weighted by Crippen LogP contribution is 2.41. The first kappa shape index (κ1) is 26.2. The third-order valence-corrected chi connectivity index (χ3v) is 4.70. The molecule has 0 aliphatic rings. The summed E-state index contributed by atoms with van der Waals surface area (Å²) in [4.78, 5) is 25.0. The summed E-state index contributed by atoms with van der Waals surface area (Å²) in [6, 6.07) is 4.63. The zero-order valence-electron chi connectivity index (χ0n) is 18.9. The number of rotatable bonds is 11. The van der Waals surface area contributed by atoms with Crippen LogP contribution in [0.5, 0.6) is 23.0 Å². The van der Waals surface area contributed by atoms with E-state index in [0.29, 0.717) is 41.2 Å². The highest BCUT2D eigenvalue weighted by molar-refractivity contribution is 6.32. The molecule has 0 heterocycles. The van der Waals surface area contributed by atoms with Crippen LogP contribution in [0.1, 0.15) is 20.8 Å². The Kier molecular flexibility index (Phi) is 9.74. The second kappa shape index (κ2) is 12.3. The van der Waals surface area contributed by atoms with E-state index in [1.54, 1.807) is 19.1 Å². The van der Waals surface area contributed by atoms with Crippen molar-refractivity contribution in [3.8, 4) is 23.0 Å². The van der Waals surface area contributed by atoms with Crippen molar-refractivity contribution in [2.24, 2.45) is 10.2 Å². The fourth-order valence-electron chi connectivity index (χ4n) is 2.82. The molecule has 9 nitrogen and oxygen atoms in total. The van der Waals surface area contributed by atoms with Gasteiger partial charge in [0.1, 0.15) is 5.69 Å². The minimum atomic E-state index is -1.43. The van der Waals surface area contributed by atoms with Crippen LogP contribution in [0, 0.1) is 0 Å². The van der Waals surface area contributed by atoms with Crippen LogP contribution >= 0.6 is 23.2 Å². The van der Waals surface area contributed by atoms with Crippen LogP contribution in [0.25, 0.3) is 0 Å². The molecule has 1 atom stereocenters. The van der Waals surface area contributed by atoms with E-state index >= 15 is 0 Å². The van der Waals surface area contributed by atoms with Crippen LogP contribution in [0.4, 0.5) is 11.4 Å². The van der Waals surface area contributed by atoms with Gasteiger partial charge in [-0.15, -0.1) is 0 Å². The number of azo groups is 1. The molecule has 2 rings (SSSR count). The number of hydrogen-bond donors (Lipinski definition) is 1. The summed E-state index contributed by atoms with van der Waals surface area (Å²) in [6.45, 7) is 5.60. The first-order chi connectivity index (χ1) is 15.7. The number of anilines is 1. The van der Waals surface area contributed by atoms with E-state index in [1.165, 1.54) is 33.3 Å². The first-order valence-corrected chi connectivity index (χ1v) is 10.7. The van der Waals surface area contributed by atoms with E-state index < -0.39 is 17.7 Å². The molecule has 0 saturated carbocycles. The van der Waals surface area contributed by atoms with E-state index in [4.69, 9.17) is 42.1 Å². The SMILES string of the molecule is CCOc1cc(NC(=O)C(N=Nc2cc(Cl)cc(OC)c2OC)C(C)=O)cc(Cl)c1OCC. The highest BCUT2D eigenvalue weighted by atomic mass is 35.5. The van der Waals surface area contributed by atoms with Crippen molar-refractivity contribution in [1.29, 1.82) is 0 Å². The maximum Gasteiger partial charge on any atom is 0.258 e. The predicted molar refractivity (Wildman–Crippen MR) is 126 cm³/mol. The monoisotopic (exact) mass is 497 g/mol. The maximum atomic E-state index is 12.8. The van der Waals surface area contributed by atoms with Crippen molar-refractivity contribution >= 4 is 46.3 Å². The van der Waals surface area contributed by atoms with Crippen molar-refractivity contribution in [3.05, 3.63) is 34.3 Å². The van der Waals surface area contributed by atoms with Gasteiger partial charge >= 0.3 is 0 Å². The van der Waals surface area contributed by atoms with Gasteiger partial charge in [0.2, 0.25) is 6.04 Å². The molecule has 0 aliphatic heterocycles. The Balaban J connectivity index is 2.34. The second-order valence-corrected chi connectivity index (χ2v) is 7.37. The predicted octanol–water partition coefficient (Wildman–Crippen LogP) is 5.49. The molecule has 1 unspecified atom stereocenters. The number of nitrogens with zero attached hydrogens (tertiary/aromatic N) is 2. The molecule has 1 N–H and O–H groups in total. The second-order valence-electron chi connectivity index (χ2n) is 6.53. The molecule has 0 aliphatic carbocycles. The minimum absolute atomic E-state index is 0.198. The first-order valence-electron chi connectivity index (χ1n) is 9.98. The lowest BCUT2D eigenvalue weighted by molar-refractivity contribution is -0.126. The van der Waals surface area contributed by atoms with Crippen molar-refractivity contribution in [2.45, 2.75) is 26.8 Å². The number of ether oxygens (including phenoxy) is 4. The Hall–Kier alpha value is -3.04. The number of nitrogens with one attached hydrogen (secondary N) is 1. The summed E-state index contributed by atoms with van der Waals surface area (Å²) in [5, 5.41) is 11.1. The summed E-state index contributed by atoms with van der Waals surface area (Å²) in [6.07, 6.45) is 0. The maximum absolute atomic E-state index is 12.8. The molecule has 0 saturated heterocycles. The van der Waals surface area contributed by atoms with Crippen LogP contribution in [-0.4, -0.2) is 45.2 Å². The Morgan fingerprint density at radius 2 is 1.67 bits per heavy atom. The van der Waals surface area contributed by atoms with Gasteiger partial charge < -0.3 is 24.3 Å². The van der Waals surface area contributed by atoms with Crippen LogP contribution in [0.2, 0.25) is 10.0 Å². The molecule has 178 valence electrons. The lowest BCUT2D eigenvalue weighted by atomic mass is 10.2. The normalized spacial score (nSPS) is 11.7. The molecular formula is C22H25Cl2N3O6. The van der Waals surface area contributed by atoms with Crippen molar-refractivity contribution in [1.82, 2.24) is 0 Å². The largest absolute Gasteiger partial charge is 0.493 e. The Morgan fingerprint density at radius 1 is 0.970 bits per heavy atom. The molecule has 0 aromatic heterocycles. The quantitative estimate of drug-likeness (QED) is 0.324. The molecule has 2 aromatic rings. The summed E-state index contributed by atoms with van der Waals surface area (Å²) in [5.74, 6) is 0.0826. The van der Waals surface area contributed by atoms with E-state index in [2.05, 4.69) is 15.5 Å². The Labute approximate surface area is 202 Å². The number of carbonyl (C=O) groups excluding carboxylic acids is 2. The Morgan fingerprint density at radius 3 is 2.24 bits per heavy atom. The van der Waals surface area contributed by atoms with Gasteiger partial charge in [-0.1, -0.05) is 23.2 Å². The van der Waals surface area contributed by atoms with E-state index in [1.807, 2.05) is 6.92 Å². The van der Waals surface area contributed by atoms with Crippen molar-refractivity contribution in [2.75, 3.05) is 32.8 Å². The lowest BCUT2D eigenvalue weighted by Crippen LogP contribution is -2.31. The molecule has 0 fully saturated rings. The third-order valence-electron chi connectivity index (χ3n) is 4.20. The molecule has 11 heteroatoms. The number of ketones is 1. The van der Waals surface area contributed by atoms with Crippen LogP contribution in [-0.2, 0) is 9.59 Å². The minimum Gasteiger partial charge on any atom is -0.493 e. The molecule has 1 amide bonds. The van der Waals surface area contributed by atoms with Gasteiger partial charge in [-0.05, 0) is 32.9 Å². The number of benzene rings is 2. The van der Waals surface area contributed by atoms with Gasteiger partial charge in [-0.3, -0.25) is 9.59 Å². The fraction of sp³-hybridized carbons (Fsp3) is 0.364. The summed E-state index contributed by atoms with van der Waals surface area (Å²) in [5.41, 5.74) is 0.504. The van der Waals surface area contributed by atoms with Gasteiger partial charge in [-0.2, -0.15) is 10.2 Å². The number of carbonyl (C=O) groups is 2.